The minimum atomic E-state index is -0.755. The van der Waals surface area contributed by atoms with Crippen molar-refractivity contribution < 1.29 is 24.4 Å². The van der Waals surface area contributed by atoms with E-state index in [4.69, 9.17) is 4.74 Å². The summed E-state index contributed by atoms with van der Waals surface area (Å²) in [6.07, 6.45) is 5.83. The number of phenols is 1. The summed E-state index contributed by atoms with van der Waals surface area (Å²) in [7, 11) is 1.33. The molecule has 0 unspecified atom stereocenters. The van der Waals surface area contributed by atoms with E-state index < -0.39 is 16.4 Å². The lowest BCUT2D eigenvalue weighted by Gasteiger charge is -2.13. The van der Waals surface area contributed by atoms with E-state index in [2.05, 4.69) is 5.10 Å². The Morgan fingerprint density at radius 1 is 1.27 bits per heavy atom. The number of methoxy groups -OCH3 is 1. The number of amides is 2. The van der Waals surface area contributed by atoms with Crippen molar-refractivity contribution in [2.24, 2.45) is 28.8 Å². The van der Waals surface area contributed by atoms with Crippen molar-refractivity contribution in [1.29, 1.82) is 0 Å². The number of nitro groups is 1. The number of rotatable bonds is 4. The number of fused-ring (bicyclic) bond motifs is 5. The number of benzene rings is 1. The van der Waals surface area contributed by atoms with E-state index in [-0.39, 0.29) is 46.8 Å². The van der Waals surface area contributed by atoms with Crippen molar-refractivity contribution in [3.05, 3.63) is 40.0 Å². The largest absolute Gasteiger partial charge is 0.502 e. The molecule has 9 nitrogen and oxygen atoms in total. The lowest BCUT2D eigenvalue weighted by atomic mass is 9.85. The number of imide groups is 1. The van der Waals surface area contributed by atoms with Gasteiger partial charge in [-0.25, -0.2) is 0 Å². The minimum absolute atomic E-state index is 0.0187. The highest BCUT2D eigenvalue weighted by atomic mass is 16.6. The number of allylic oxidation sites excluding steroid dienone is 2. The van der Waals surface area contributed by atoms with Gasteiger partial charge in [0.25, 0.3) is 11.8 Å². The van der Waals surface area contributed by atoms with Gasteiger partial charge in [0.1, 0.15) is 5.75 Å². The number of carbonyl (C=O) groups excluding carboxylic acids is 2. The van der Waals surface area contributed by atoms with Crippen LogP contribution in [0.15, 0.2) is 29.4 Å². The van der Waals surface area contributed by atoms with Crippen LogP contribution in [0.2, 0.25) is 0 Å². The summed E-state index contributed by atoms with van der Waals surface area (Å²) in [5.74, 6) is -1.85. The molecule has 1 saturated heterocycles. The highest BCUT2D eigenvalue weighted by Crippen LogP contribution is 2.52. The molecule has 1 saturated carbocycles. The Labute approximate surface area is 147 Å². The molecule has 26 heavy (non-hydrogen) atoms. The first-order valence-corrected chi connectivity index (χ1v) is 8.08. The third-order valence-electron chi connectivity index (χ3n) is 5.28. The lowest BCUT2D eigenvalue weighted by Crippen LogP contribution is -2.28. The van der Waals surface area contributed by atoms with Gasteiger partial charge in [-0.05, 0) is 24.3 Å². The smallest absolute Gasteiger partial charge is 0.315 e. The van der Waals surface area contributed by atoms with Crippen LogP contribution in [0.25, 0.3) is 0 Å². The maximum atomic E-state index is 12.6. The molecular weight excluding hydrogens is 342 g/mol. The first-order valence-electron chi connectivity index (χ1n) is 8.08. The number of aromatic hydroxyl groups is 1. The topological polar surface area (TPSA) is 122 Å². The number of nitrogens with zero attached hydrogens (tertiary/aromatic N) is 3. The third-order valence-corrected chi connectivity index (χ3v) is 5.28. The fourth-order valence-corrected chi connectivity index (χ4v) is 4.09. The number of carbonyl (C=O) groups is 2. The van der Waals surface area contributed by atoms with Crippen molar-refractivity contribution in [1.82, 2.24) is 5.01 Å². The molecule has 2 aliphatic carbocycles. The Bertz CT molecular complexity index is 863. The summed E-state index contributed by atoms with van der Waals surface area (Å²) < 4.78 is 4.98. The molecule has 1 aliphatic heterocycles. The summed E-state index contributed by atoms with van der Waals surface area (Å²) in [5.41, 5.74) is -0.571. The number of nitro benzene ring substituents is 1. The number of hydrogen-bond acceptors (Lipinski definition) is 7. The number of hydrogen-bond donors (Lipinski definition) is 1. The molecule has 1 aromatic carbocycles. The monoisotopic (exact) mass is 357 g/mol. The third kappa shape index (κ3) is 2.20. The molecule has 2 fully saturated rings. The molecule has 9 heteroatoms. The predicted molar refractivity (Wildman–Crippen MR) is 88.5 cm³/mol. The predicted octanol–water partition coefficient (Wildman–Crippen LogP) is 1.45. The van der Waals surface area contributed by atoms with Crippen molar-refractivity contribution >= 4 is 23.7 Å². The average Bonchev–Trinajstić information content (AvgIpc) is 3.29. The van der Waals surface area contributed by atoms with E-state index in [1.807, 2.05) is 12.2 Å². The second-order valence-electron chi connectivity index (χ2n) is 6.57. The van der Waals surface area contributed by atoms with Gasteiger partial charge >= 0.3 is 5.69 Å². The first kappa shape index (κ1) is 16.2. The van der Waals surface area contributed by atoms with Crippen LogP contribution in [0.3, 0.4) is 0 Å². The van der Waals surface area contributed by atoms with Gasteiger partial charge in [0.2, 0.25) is 5.75 Å². The SMILES string of the molecule is COc1cc(/C=N\N2C(=O)[C@@H]3[C@H](C2=O)[C@H]2C=C[C@H]3C2)c(O)c([N+](=O)[O-])c1. The molecular formula is C17H15N3O6. The highest BCUT2D eigenvalue weighted by Gasteiger charge is 2.59. The van der Waals surface area contributed by atoms with Gasteiger partial charge in [0, 0.05) is 5.56 Å². The molecule has 134 valence electrons. The van der Waals surface area contributed by atoms with Crippen molar-refractivity contribution in [2.45, 2.75) is 6.42 Å². The van der Waals surface area contributed by atoms with E-state index in [0.717, 1.165) is 23.7 Å². The van der Waals surface area contributed by atoms with Crippen LogP contribution in [0.5, 0.6) is 11.5 Å². The van der Waals surface area contributed by atoms with Crippen LogP contribution >= 0.6 is 0 Å². The van der Waals surface area contributed by atoms with Crippen molar-refractivity contribution in [3.8, 4) is 11.5 Å². The molecule has 4 rings (SSSR count). The molecule has 2 bridgehead atoms. The van der Waals surface area contributed by atoms with Gasteiger partial charge < -0.3 is 9.84 Å². The summed E-state index contributed by atoms with van der Waals surface area (Å²) in [6.45, 7) is 0. The Morgan fingerprint density at radius 3 is 2.42 bits per heavy atom. The minimum Gasteiger partial charge on any atom is -0.502 e. The molecule has 1 heterocycles. The lowest BCUT2D eigenvalue weighted by molar-refractivity contribution is -0.385. The first-order chi connectivity index (χ1) is 12.4. The Morgan fingerprint density at radius 2 is 1.88 bits per heavy atom. The van der Waals surface area contributed by atoms with Crippen LogP contribution in [0.4, 0.5) is 5.69 Å². The fourth-order valence-electron chi connectivity index (χ4n) is 4.09. The zero-order chi connectivity index (χ0) is 18.6. The van der Waals surface area contributed by atoms with E-state index in [1.54, 1.807) is 0 Å². The highest BCUT2D eigenvalue weighted by molar-refractivity contribution is 6.07. The summed E-state index contributed by atoms with van der Waals surface area (Å²) >= 11 is 0. The van der Waals surface area contributed by atoms with Crippen molar-refractivity contribution in [3.63, 3.8) is 0 Å². The van der Waals surface area contributed by atoms with Crippen LogP contribution in [0.1, 0.15) is 12.0 Å². The van der Waals surface area contributed by atoms with Crippen LogP contribution < -0.4 is 4.74 Å². The van der Waals surface area contributed by atoms with Crippen molar-refractivity contribution in [2.75, 3.05) is 7.11 Å². The molecule has 3 aliphatic rings. The molecule has 0 radical (unpaired) electrons. The standard InChI is InChI=1S/C17H15N3O6/c1-26-11-5-10(15(21)12(6-11)20(24)25)7-18-19-16(22)13-8-2-3-9(4-8)14(13)17(19)23/h2-3,5-9,13-14,21H,4H2,1H3/b18-7-/t8-,9-,13-,14+/m0/s1. The second kappa shape index (κ2) is 5.65. The maximum absolute atomic E-state index is 12.6. The molecule has 1 aromatic rings. The Balaban J connectivity index is 1.65. The van der Waals surface area contributed by atoms with E-state index >= 15 is 0 Å². The second-order valence-corrected chi connectivity index (χ2v) is 6.57. The zero-order valence-corrected chi connectivity index (χ0v) is 13.7. The molecule has 0 spiro atoms. The van der Waals surface area contributed by atoms with Crippen LogP contribution in [-0.2, 0) is 9.59 Å². The average molecular weight is 357 g/mol. The summed E-state index contributed by atoms with van der Waals surface area (Å²) in [4.78, 5) is 35.4. The van der Waals surface area contributed by atoms with Crippen LogP contribution in [0, 0.1) is 33.8 Å². The Kier molecular flexibility index (Phi) is 3.53. The maximum Gasteiger partial charge on any atom is 0.315 e. The normalized spacial score (nSPS) is 29.0. The molecule has 0 aromatic heterocycles. The van der Waals surface area contributed by atoms with Gasteiger partial charge in [-0.3, -0.25) is 19.7 Å². The van der Waals surface area contributed by atoms with Gasteiger partial charge in [-0.2, -0.15) is 10.1 Å². The Hall–Kier alpha value is -3.23. The van der Waals surface area contributed by atoms with Gasteiger partial charge in [-0.1, -0.05) is 12.2 Å². The number of ether oxygens (including phenoxy) is 1. The quantitative estimate of drug-likeness (QED) is 0.286. The summed E-state index contributed by atoms with van der Waals surface area (Å²) in [6, 6.07) is 2.41. The van der Waals surface area contributed by atoms with E-state index in [1.165, 1.54) is 13.2 Å². The molecule has 1 N–H and O–H groups in total. The van der Waals surface area contributed by atoms with Gasteiger partial charge in [0.15, 0.2) is 0 Å². The zero-order valence-electron chi connectivity index (χ0n) is 13.7. The van der Waals surface area contributed by atoms with Gasteiger partial charge in [0.05, 0.1) is 36.1 Å². The van der Waals surface area contributed by atoms with Crippen LogP contribution in [-0.4, -0.2) is 40.2 Å². The number of phenolic OH excluding ortho intramolecular Hbond substituents is 1. The summed E-state index contributed by atoms with van der Waals surface area (Å²) in [5, 5.41) is 25.8. The van der Waals surface area contributed by atoms with E-state index in [0.29, 0.717) is 0 Å². The fraction of sp³-hybridized carbons (Fsp3) is 0.353. The molecule has 2 amide bonds. The number of hydrazone groups is 1. The van der Waals surface area contributed by atoms with E-state index in [9.17, 15) is 24.8 Å². The molecule has 4 atom stereocenters. The van der Waals surface area contributed by atoms with Gasteiger partial charge in [-0.15, -0.1) is 0 Å².